The molecule has 0 unspecified atom stereocenters. The number of piperidine rings is 1. The number of carbonyl (C=O) groups is 1. The van der Waals surface area contributed by atoms with Crippen LogP contribution in [0.5, 0.6) is 0 Å². The standard InChI is InChI=1S/C10H21N3O3/c1-15-6-7-16-12-10(14)8-13-4-2-9(11)3-5-13/h9H,2-8,11H2,1H3,(H,12,14). The van der Waals surface area contributed by atoms with Crippen LogP contribution in [0.4, 0.5) is 0 Å². The summed E-state index contributed by atoms with van der Waals surface area (Å²) in [5.41, 5.74) is 8.16. The second kappa shape index (κ2) is 7.56. The van der Waals surface area contributed by atoms with Crippen LogP contribution in [-0.2, 0) is 14.4 Å². The Hall–Kier alpha value is -0.690. The molecule has 94 valence electrons. The Kier molecular flexibility index (Phi) is 6.32. The molecule has 0 spiro atoms. The van der Waals surface area contributed by atoms with E-state index in [4.69, 9.17) is 15.3 Å². The fourth-order valence-electron chi connectivity index (χ4n) is 1.60. The molecule has 6 heteroatoms. The third-order valence-corrected chi connectivity index (χ3v) is 2.57. The SMILES string of the molecule is COCCONC(=O)CN1CCC(N)CC1. The fourth-order valence-corrected chi connectivity index (χ4v) is 1.60. The number of hydroxylamine groups is 1. The summed E-state index contributed by atoms with van der Waals surface area (Å²) < 4.78 is 4.78. The number of carbonyl (C=O) groups excluding carboxylic acids is 1. The lowest BCUT2D eigenvalue weighted by molar-refractivity contribution is -0.136. The van der Waals surface area contributed by atoms with Gasteiger partial charge in [0.2, 0.25) is 0 Å². The summed E-state index contributed by atoms with van der Waals surface area (Å²) in [6.07, 6.45) is 1.91. The van der Waals surface area contributed by atoms with Gasteiger partial charge in [-0.1, -0.05) is 0 Å². The van der Waals surface area contributed by atoms with Crippen LogP contribution in [0.25, 0.3) is 0 Å². The highest BCUT2D eigenvalue weighted by atomic mass is 16.7. The van der Waals surface area contributed by atoms with Gasteiger partial charge in [-0.3, -0.25) is 14.5 Å². The van der Waals surface area contributed by atoms with Crippen molar-refractivity contribution in [2.45, 2.75) is 18.9 Å². The van der Waals surface area contributed by atoms with E-state index < -0.39 is 0 Å². The molecule has 16 heavy (non-hydrogen) atoms. The fraction of sp³-hybridized carbons (Fsp3) is 0.900. The molecule has 3 N–H and O–H groups in total. The topological polar surface area (TPSA) is 76.8 Å². The van der Waals surface area contributed by atoms with Gasteiger partial charge in [0.25, 0.3) is 5.91 Å². The van der Waals surface area contributed by atoms with Crippen molar-refractivity contribution in [3.05, 3.63) is 0 Å². The Morgan fingerprint density at radius 1 is 1.44 bits per heavy atom. The molecule has 1 aliphatic rings. The van der Waals surface area contributed by atoms with Crippen LogP contribution in [-0.4, -0.2) is 56.8 Å². The highest BCUT2D eigenvalue weighted by Crippen LogP contribution is 2.06. The maximum atomic E-state index is 11.4. The van der Waals surface area contributed by atoms with Crippen molar-refractivity contribution in [3.8, 4) is 0 Å². The first kappa shape index (κ1) is 13.4. The van der Waals surface area contributed by atoms with Crippen molar-refractivity contribution in [2.24, 2.45) is 5.73 Å². The van der Waals surface area contributed by atoms with E-state index in [0.29, 0.717) is 19.8 Å². The second-order valence-corrected chi connectivity index (χ2v) is 3.98. The molecule has 0 aromatic carbocycles. The predicted molar refractivity (Wildman–Crippen MR) is 59.6 cm³/mol. The number of amides is 1. The zero-order valence-electron chi connectivity index (χ0n) is 9.78. The van der Waals surface area contributed by atoms with Gasteiger partial charge in [0.1, 0.15) is 0 Å². The minimum Gasteiger partial charge on any atom is -0.382 e. The van der Waals surface area contributed by atoms with Crippen LogP contribution in [0, 0.1) is 0 Å². The lowest BCUT2D eigenvalue weighted by Gasteiger charge is -2.29. The summed E-state index contributed by atoms with van der Waals surface area (Å²) in [4.78, 5) is 18.4. The monoisotopic (exact) mass is 231 g/mol. The van der Waals surface area contributed by atoms with E-state index in [1.165, 1.54) is 0 Å². The molecular formula is C10H21N3O3. The Labute approximate surface area is 96.0 Å². The van der Waals surface area contributed by atoms with Crippen molar-refractivity contribution < 1.29 is 14.4 Å². The maximum Gasteiger partial charge on any atom is 0.257 e. The smallest absolute Gasteiger partial charge is 0.257 e. The number of nitrogens with two attached hydrogens (primary N) is 1. The molecule has 0 aliphatic carbocycles. The van der Waals surface area contributed by atoms with Crippen LogP contribution in [0.2, 0.25) is 0 Å². The predicted octanol–water partition coefficient (Wildman–Crippen LogP) is -0.896. The quantitative estimate of drug-likeness (QED) is 0.458. The van der Waals surface area contributed by atoms with Gasteiger partial charge in [-0.25, -0.2) is 5.48 Å². The van der Waals surface area contributed by atoms with E-state index in [9.17, 15) is 4.79 Å². The highest BCUT2D eigenvalue weighted by molar-refractivity contribution is 5.76. The van der Waals surface area contributed by atoms with Gasteiger partial charge in [0.15, 0.2) is 0 Å². The molecule has 1 saturated heterocycles. The molecule has 0 aromatic rings. The number of nitrogens with one attached hydrogen (secondary N) is 1. The summed E-state index contributed by atoms with van der Waals surface area (Å²) in [5, 5.41) is 0. The molecule has 6 nitrogen and oxygen atoms in total. The highest BCUT2D eigenvalue weighted by Gasteiger charge is 2.17. The Morgan fingerprint density at radius 3 is 2.75 bits per heavy atom. The zero-order valence-corrected chi connectivity index (χ0v) is 9.78. The number of rotatable bonds is 6. The minimum atomic E-state index is -0.119. The summed E-state index contributed by atoms with van der Waals surface area (Å²) in [7, 11) is 1.59. The molecule has 1 rings (SSSR count). The van der Waals surface area contributed by atoms with Crippen molar-refractivity contribution in [1.29, 1.82) is 0 Å². The lowest BCUT2D eigenvalue weighted by Crippen LogP contribution is -2.44. The van der Waals surface area contributed by atoms with Crippen molar-refractivity contribution in [1.82, 2.24) is 10.4 Å². The number of nitrogens with zero attached hydrogens (tertiary/aromatic N) is 1. The van der Waals surface area contributed by atoms with Crippen LogP contribution < -0.4 is 11.2 Å². The first-order chi connectivity index (χ1) is 7.72. The molecule has 0 aromatic heterocycles. The Bertz CT molecular complexity index is 205. The summed E-state index contributed by atoms with van der Waals surface area (Å²) in [6.45, 7) is 2.98. The van der Waals surface area contributed by atoms with Crippen molar-refractivity contribution in [3.63, 3.8) is 0 Å². The number of methoxy groups -OCH3 is 1. The van der Waals surface area contributed by atoms with Gasteiger partial charge in [0, 0.05) is 26.2 Å². The number of ether oxygens (including phenoxy) is 1. The Morgan fingerprint density at radius 2 is 2.12 bits per heavy atom. The average Bonchev–Trinajstić information content (AvgIpc) is 2.28. The molecule has 1 amide bonds. The molecule has 0 bridgehead atoms. The number of hydrogen-bond acceptors (Lipinski definition) is 5. The van der Waals surface area contributed by atoms with Crippen LogP contribution in [0.1, 0.15) is 12.8 Å². The second-order valence-electron chi connectivity index (χ2n) is 3.98. The van der Waals surface area contributed by atoms with E-state index in [-0.39, 0.29) is 11.9 Å². The van der Waals surface area contributed by atoms with Gasteiger partial charge >= 0.3 is 0 Å². The summed E-state index contributed by atoms with van der Waals surface area (Å²) >= 11 is 0. The van der Waals surface area contributed by atoms with Gasteiger partial charge in [-0.2, -0.15) is 0 Å². The van der Waals surface area contributed by atoms with E-state index in [2.05, 4.69) is 10.4 Å². The van der Waals surface area contributed by atoms with E-state index in [1.807, 2.05) is 0 Å². The molecule has 0 radical (unpaired) electrons. The molecular weight excluding hydrogens is 210 g/mol. The zero-order chi connectivity index (χ0) is 11.8. The molecule has 1 aliphatic heterocycles. The molecule has 0 saturated carbocycles. The average molecular weight is 231 g/mol. The van der Waals surface area contributed by atoms with Gasteiger partial charge in [0.05, 0.1) is 19.8 Å². The van der Waals surface area contributed by atoms with E-state index >= 15 is 0 Å². The summed E-state index contributed by atoms with van der Waals surface area (Å²) in [5.74, 6) is -0.119. The van der Waals surface area contributed by atoms with Gasteiger partial charge < -0.3 is 10.5 Å². The van der Waals surface area contributed by atoms with Gasteiger partial charge in [-0.05, 0) is 12.8 Å². The number of likely N-dealkylation sites (tertiary alicyclic amines) is 1. The van der Waals surface area contributed by atoms with E-state index in [0.717, 1.165) is 25.9 Å². The molecule has 1 fully saturated rings. The Balaban J connectivity index is 2.05. The third kappa shape index (κ3) is 5.41. The maximum absolute atomic E-state index is 11.4. The first-order valence-corrected chi connectivity index (χ1v) is 5.60. The van der Waals surface area contributed by atoms with E-state index in [1.54, 1.807) is 7.11 Å². The van der Waals surface area contributed by atoms with Crippen LogP contribution >= 0.6 is 0 Å². The number of hydrogen-bond donors (Lipinski definition) is 2. The molecule has 0 atom stereocenters. The van der Waals surface area contributed by atoms with Crippen LogP contribution in [0.3, 0.4) is 0 Å². The summed E-state index contributed by atoms with van der Waals surface area (Å²) in [6, 6.07) is 0.289. The normalized spacial score (nSPS) is 18.6. The third-order valence-electron chi connectivity index (χ3n) is 2.57. The van der Waals surface area contributed by atoms with Gasteiger partial charge in [-0.15, -0.1) is 0 Å². The molecule has 1 heterocycles. The lowest BCUT2D eigenvalue weighted by atomic mass is 10.1. The van der Waals surface area contributed by atoms with Crippen LogP contribution in [0.15, 0.2) is 0 Å². The largest absolute Gasteiger partial charge is 0.382 e. The van der Waals surface area contributed by atoms with Crippen molar-refractivity contribution in [2.75, 3.05) is 40.0 Å². The van der Waals surface area contributed by atoms with Crippen molar-refractivity contribution >= 4 is 5.91 Å². The minimum absolute atomic E-state index is 0.119. The first-order valence-electron chi connectivity index (χ1n) is 5.60.